The number of amides is 1. The molecule has 1 amide bonds. The molecule has 1 aromatic carbocycles. The Balaban J connectivity index is 0.00000264. The zero-order chi connectivity index (χ0) is 16.2. The summed E-state index contributed by atoms with van der Waals surface area (Å²) >= 11 is 5.77. The van der Waals surface area contributed by atoms with E-state index in [1.165, 1.54) is 17.0 Å². The third kappa shape index (κ3) is 5.84. The molecular formula is C14H18Cl2F3N3O. The number of nitrogens with one attached hydrogen (secondary N) is 2. The summed E-state index contributed by atoms with van der Waals surface area (Å²) in [6, 6.07) is 4.42. The fourth-order valence-corrected chi connectivity index (χ4v) is 2.56. The minimum Gasteiger partial charge on any atom is -0.350 e. The van der Waals surface area contributed by atoms with Gasteiger partial charge in [0.05, 0.1) is 0 Å². The summed E-state index contributed by atoms with van der Waals surface area (Å²) in [7, 11) is 0. The maximum atomic E-state index is 13.2. The van der Waals surface area contributed by atoms with Gasteiger partial charge in [0.2, 0.25) is 0 Å². The third-order valence-electron chi connectivity index (χ3n) is 3.51. The minimum atomic E-state index is -4.39. The van der Waals surface area contributed by atoms with Crippen molar-refractivity contribution in [2.24, 2.45) is 0 Å². The average Bonchev–Trinajstić information content (AvgIpc) is 2.47. The fourth-order valence-electron chi connectivity index (χ4n) is 2.37. The van der Waals surface area contributed by atoms with Crippen LogP contribution in [-0.4, -0.2) is 55.7 Å². The maximum Gasteiger partial charge on any atom is 0.405 e. The van der Waals surface area contributed by atoms with Crippen molar-refractivity contribution in [1.29, 1.82) is 0 Å². The highest BCUT2D eigenvalue weighted by Crippen LogP contribution is 2.25. The summed E-state index contributed by atoms with van der Waals surface area (Å²) in [5.74, 6) is -0.563. The Bertz CT molecular complexity index is 522. The van der Waals surface area contributed by atoms with E-state index in [1.807, 2.05) is 0 Å². The largest absolute Gasteiger partial charge is 0.405 e. The van der Waals surface area contributed by atoms with Crippen molar-refractivity contribution in [2.75, 3.05) is 32.7 Å². The van der Waals surface area contributed by atoms with Gasteiger partial charge < -0.3 is 10.6 Å². The van der Waals surface area contributed by atoms with Gasteiger partial charge in [-0.05, 0) is 18.2 Å². The van der Waals surface area contributed by atoms with Crippen LogP contribution in [0.2, 0.25) is 5.02 Å². The van der Waals surface area contributed by atoms with E-state index in [0.717, 1.165) is 0 Å². The second kappa shape index (κ2) is 8.73. The summed E-state index contributed by atoms with van der Waals surface area (Å²) in [6.45, 7) is 1.15. The summed E-state index contributed by atoms with van der Waals surface area (Å²) < 4.78 is 39.6. The molecule has 0 saturated carbocycles. The highest BCUT2D eigenvalue weighted by Gasteiger charge is 2.43. The molecule has 1 fully saturated rings. The van der Waals surface area contributed by atoms with E-state index in [2.05, 4.69) is 10.6 Å². The summed E-state index contributed by atoms with van der Waals surface area (Å²) in [5, 5.41) is 5.72. The lowest BCUT2D eigenvalue weighted by Gasteiger charge is -2.35. The van der Waals surface area contributed by atoms with Crippen LogP contribution in [0, 0.1) is 0 Å². The molecule has 23 heavy (non-hydrogen) atoms. The van der Waals surface area contributed by atoms with Gasteiger partial charge in [0.15, 0.2) is 0 Å². The van der Waals surface area contributed by atoms with Gasteiger partial charge in [-0.1, -0.05) is 17.7 Å². The number of piperazine rings is 1. The summed E-state index contributed by atoms with van der Waals surface area (Å²) in [6.07, 6.45) is -4.39. The van der Waals surface area contributed by atoms with Crippen molar-refractivity contribution in [1.82, 2.24) is 15.5 Å². The number of carbonyl (C=O) groups is 1. The number of halogens is 5. The Morgan fingerprint density at radius 3 is 2.57 bits per heavy atom. The predicted molar refractivity (Wildman–Crippen MR) is 85.3 cm³/mol. The second-order valence-corrected chi connectivity index (χ2v) is 5.50. The van der Waals surface area contributed by atoms with Gasteiger partial charge in [-0.2, -0.15) is 13.2 Å². The van der Waals surface area contributed by atoms with E-state index in [9.17, 15) is 18.0 Å². The van der Waals surface area contributed by atoms with E-state index < -0.39 is 24.7 Å². The number of nitrogens with zero attached hydrogens (tertiary/aromatic N) is 1. The first-order chi connectivity index (χ1) is 10.4. The molecule has 1 unspecified atom stereocenters. The molecule has 1 heterocycles. The first kappa shape index (κ1) is 20.0. The number of carbonyl (C=O) groups excluding carboxylic acids is 1. The lowest BCUT2D eigenvalue weighted by Crippen LogP contribution is -2.57. The standard InChI is InChI=1S/C14H17ClF3N3O.ClH/c15-11-3-1-2-10(8-11)13(22)20-9-12(14(16,17)18)21-6-4-19-5-7-21;/h1-3,8,12,19H,4-7,9H2,(H,20,22);1H. The van der Waals surface area contributed by atoms with Gasteiger partial charge in [0, 0.05) is 43.3 Å². The molecule has 0 spiro atoms. The van der Waals surface area contributed by atoms with Gasteiger partial charge in [-0.15, -0.1) is 12.4 Å². The Morgan fingerprint density at radius 1 is 1.35 bits per heavy atom. The van der Waals surface area contributed by atoms with Crippen LogP contribution in [-0.2, 0) is 0 Å². The van der Waals surface area contributed by atoms with E-state index >= 15 is 0 Å². The van der Waals surface area contributed by atoms with Crippen molar-refractivity contribution in [2.45, 2.75) is 12.2 Å². The van der Waals surface area contributed by atoms with Crippen molar-refractivity contribution in [3.63, 3.8) is 0 Å². The number of alkyl halides is 3. The first-order valence-corrected chi connectivity index (χ1v) is 7.31. The summed E-state index contributed by atoms with van der Waals surface area (Å²) in [4.78, 5) is 13.3. The SMILES string of the molecule is Cl.O=C(NCC(N1CCNCC1)C(F)(F)F)c1cccc(Cl)c1. The number of benzene rings is 1. The second-order valence-electron chi connectivity index (χ2n) is 5.06. The number of hydrogen-bond acceptors (Lipinski definition) is 3. The minimum absolute atomic E-state index is 0. The molecule has 0 bridgehead atoms. The maximum absolute atomic E-state index is 13.2. The zero-order valence-corrected chi connectivity index (χ0v) is 13.8. The normalized spacial score (nSPS) is 17.2. The van der Waals surface area contributed by atoms with Gasteiger partial charge >= 0.3 is 6.18 Å². The predicted octanol–water partition coefficient (Wildman–Crippen LogP) is 2.33. The first-order valence-electron chi connectivity index (χ1n) is 6.93. The number of hydrogen-bond donors (Lipinski definition) is 2. The van der Waals surface area contributed by atoms with Crippen LogP contribution < -0.4 is 10.6 Å². The van der Waals surface area contributed by atoms with Gasteiger partial charge in [-0.25, -0.2) is 0 Å². The van der Waals surface area contributed by atoms with Crippen LogP contribution in [0.15, 0.2) is 24.3 Å². The highest BCUT2D eigenvalue weighted by molar-refractivity contribution is 6.30. The van der Waals surface area contributed by atoms with Crippen molar-refractivity contribution >= 4 is 29.9 Å². The smallest absolute Gasteiger partial charge is 0.350 e. The quantitative estimate of drug-likeness (QED) is 0.853. The Kier molecular flexibility index (Phi) is 7.60. The molecule has 0 aromatic heterocycles. The zero-order valence-electron chi connectivity index (χ0n) is 12.2. The van der Waals surface area contributed by atoms with Gasteiger partial charge in [0.1, 0.15) is 6.04 Å². The molecule has 2 N–H and O–H groups in total. The Morgan fingerprint density at radius 2 is 2.00 bits per heavy atom. The molecule has 0 radical (unpaired) electrons. The van der Waals surface area contributed by atoms with E-state index in [0.29, 0.717) is 31.2 Å². The van der Waals surface area contributed by atoms with Gasteiger partial charge in [0.25, 0.3) is 5.91 Å². The molecular weight excluding hydrogens is 354 g/mol. The Hall–Kier alpha value is -1.02. The lowest BCUT2D eigenvalue weighted by molar-refractivity contribution is -0.183. The van der Waals surface area contributed by atoms with Crippen molar-refractivity contribution in [3.05, 3.63) is 34.9 Å². The molecule has 1 aliphatic rings. The molecule has 4 nitrogen and oxygen atoms in total. The molecule has 130 valence electrons. The topological polar surface area (TPSA) is 44.4 Å². The van der Waals surface area contributed by atoms with Crippen molar-refractivity contribution < 1.29 is 18.0 Å². The van der Waals surface area contributed by atoms with Crippen LogP contribution in [0.1, 0.15) is 10.4 Å². The Labute approximate surface area is 143 Å². The van der Waals surface area contributed by atoms with Crippen LogP contribution in [0.5, 0.6) is 0 Å². The van der Waals surface area contributed by atoms with Crippen LogP contribution in [0.3, 0.4) is 0 Å². The molecule has 1 atom stereocenters. The molecule has 1 aliphatic heterocycles. The van der Waals surface area contributed by atoms with Crippen LogP contribution >= 0.6 is 24.0 Å². The van der Waals surface area contributed by atoms with Crippen LogP contribution in [0.25, 0.3) is 0 Å². The van der Waals surface area contributed by atoms with Crippen LogP contribution in [0.4, 0.5) is 13.2 Å². The molecule has 0 aliphatic carbocycles. The van der Waals surface area contributed by atoms with Gasteiger partial charge in [-0.3, -0.25) is 9.69 Å². The third-order valence-corrected chi connectivity index (χ3v) is 3.75. The van der Waals surface area contributed by atoms with E-state index in [-0.39, 0.29) is 18.0 Å². The number of rotatable bonds is 4. The average molecular weight is 372 g/mol. The molecule has 9 heteroatoms. The highest BCUT2D eigenvalue weighted by atomic mass is 35.5. The summed E-state index contributed by atoms with van der Waals surface area (Å²) in [5.41, 5.74) is 0.244. The van der Waals surface area contributed by atoms with Crippen molar-refractivity contribution in [3.8, 4) is 0 Å². The van der Waals surface area contributed by atoms with E-state index in [1.54, 1.807) is 12.1 Å². The fraction of sp³-hybridized carbons (Fsp3) is 0.500. The van der Waals surface area contributed by atoms with E-state index in [4.69, 9.17) is 11.6 Å². The monoisotopic (exact) mass is 371 g/mol. The molecule has 2 rings (SSSR count). The molecule has 1 saturated heterocycles. The molecule has 1 aromatic rings. The lowest BCUT2D eigenvalue weighted by atomic mass is 10.1.